The Morgan fingerprint density at radius 1 is 0.437 bits per heavy atom. The first-order chi connectivity index (χ1) is 46.6. The van der Waals surface area contributed by atoms with E-state index in [9.17, 15) is 37.2 Å². The Morgan fingerprint density at radius 2 is 0.816 bits per heavy atom. The second-order valence-corrected chi connectivity index (χ2v) is 45.7. The fraction of sp³-hybridized carbons (Fsp3) is 0.849. The van der Waals surface area contributed by atoms with E-state index in [1.54, 1.807) is 41.5 Å². The number of nitrogens with one attached hydrogen (secondary N) is 4. The van der Waals surface area contributed by atoms with Gasteiger partial charge in [0.15, 0.2) is 16.6 Å². The molecule has 1 saturated heterocycles. The number of likely N-dealkylation sites (N-methyl/N-ethyl adjacent to an activating group) is 7. The molecule has 0 aliphatic carbocycles. The minimum atomic E-state index is -3.98. The van der Waals surface area contributed by atoms with Crippen molar-refractivity contribution in [2.75, 3.05) is 68.7 Å². The number of hydrogen-bond donors (Lipinski definition) is 4. The van der Waals surface area contributed by atoms with E-state index < -0.39 is 199 Å². The molecule has 0 aromatic rings. The Labute approximate surface area is 621 Å². The van der Waals surface area contributed by atoms with Crippen molar-refractivity contribution in [1.82, 2.24) is 55.6 Å². The molecule has 0 aromatic heterocycles. The Bertz CT molecular complexity index is 3030. The highest BCUT2D eigenvalue weighted by Crippen LogP contribution is 2.41. The molecule has 1 aliphatic heterocycles. The lowest BCUT2D eigenvalue weighted by Crippen LogP contribution is -2.66. The molecular weight excluding hydrogens is 1380 g/mol. The van der Waals surface area contributed by atoms with E-state index >= 15 is 24.0 Å². The van der Waals surface area contributed by atoms with Gasteiger partial charge in [0.25, 0.3) is 10.1 Å². The van der Waals surface area contributed by atoms with Crippen LogP contribution in [0.2, 0.25) is 36.3 Å². The Balaban J connectivity index is 4.90. The molecule has 13 atom stereocenters. The summed E-state index contributed by atoms with van der Waals surface area (Å²) in [6.45, 7) is 46.9. The van der Waals surface area contributed by atoms with E-state index in [4.69, 9.17) is 13.0 Å². The molecule has 4 N–H and O–H groups in total. The molecule has 11 amide bonds. The van der Waals surface area contributed by atoms with Gasteiger partial charge in [-0.25, -0.2) is 0 Å². The lowest BCUT2D eigenvalue weighted by atomic mass is 9.91. The molecule has 0 unspecified atom stereocenters. The summed E-state index contributed by atoms with van der Waals surface area (Å²) in [6.07, 6.45) is -1.04. The maximum atomic E-state index is 16.3. The van der Waals surface area contributed by atoms with Gasteiger partial charge in [0, 0.05) is 49.3 Å². The highest BCUT2D eigenvalue weighted by Gasteiger charge is 2.51. The first kappa shape index (κ1) is 95.4. The van der Waals surface area contributed by atoms with E-state index in [1.807, 2.05) is 123 Å². The predicted molar refractivity (Wildman–Crippen MR) is 408 cm³/mol. The summed E-state index contributed by atoms with van der Waals surface area (Å²) in [5, 5.41) is 10.3. The molecule has 1 rings (SSSR count). The van der Waals surface area contributed by atoms with Crippen LogP contribution in [0, 0.1) is 41.4 Å². The summed E-state index contributed by atoms with van der Waals surface area (Å²) in [4.78, 5) is 175. The lowest BCUT2D eigenvalue weighted by Gasteiger charge is -2.46. The van der Waals surface area contributed by atoms with Crippen molar-refractivity contribution < 1.29 is 74.2 Å². The van der Waals surface area contributed by atoms with Crippen LogP contribution in [-0.4, -0.2) is 266 Å². The molecule has 0 aromatic carbocycles. The molecule has 103 heavy (non-hydrogen) atoms. The second-order valence-electron chi connectivity index (χ2n) is 34.6. The van der Waals surface area contributed by atoms with Crippen LogP contribution in [0.1, 0.15) is 184 Å². The third kappa shape index (κ3) is 27.3. The van der Waals surface area contributed by atoms with Crippen LogP contribution in [0.3, 0.4) is 0 Å². The van der Waals surface area contributed by atoms with Gasteiger partial charge in [0.1, 0.15) is 60.4 Å². The summed E-state index contributed by atoms with van der Waals surface area (Å²) in [5.41, 5.74) is 0. The highest BCUT2D eigenvalue weighted by atomic mass is 32.2. The lowest BCUT2D eigenvalue weighted by molar-refractivity contribution is -0.157. The minimum Gasteiger partial charge on any atom is -0.412 e. The Kier molecular flexibility index (Phi) is 36.4. The fourth-order valence-electron chi connectivity index (χ4n) is 12.1. The van der Waals surface area contributed by atoms with Gasteiger partial charge in [-0.15, -0.1) is 0 Å². The van der Waals surface area contributed by atoms with Gasteiger partial charge in [-0.1, -0.05) is 132 Å². The van der Waals surface area contributed by atoms with Crippen LogP contribution in [0.4, 0.5) is 0 Å². The molecule has 1 aliphatic rings. The zero-order valence-corrected chi connectivity index (χ0v) is 72.3. The van der Waals surface area contributed by atoms with E-state index in [2.05, 4.69) is 21.3 Å². The Morgan fingerprint density at radius 3 is 1.24 bits per heavy atom. The summed E-state index contributed by atoms with van der Waals surface area (Å²) in [7, 11) is 0.0775. The third-order valence-electron chi connectivity index (χ3n) is 20.7. The first-order valence-electron chi connectivity index (χ1n) is 36.9. The molecule has 30 heteroatoms. The molecule has 1 fully saturated rings. The van der Waals surface area contributed by atoms with Gasteiger partial charge < -0.3 is 64.4 Å². The van der Waals surface area contributed by atoms with Gasteiger partial charge >= 0.3 is 0 Å². The average Bonchev–Trinajstić information content (AvgIpc) is 0.783. The number of carbonyl (C=O) groups is 11. The maximum Gasteiger partial charge on any atom is 0.264 e. The van der Waals surface area contributed by atoms with Crippen molar-refractivity contribution in [2.45, 2.75) is 293 Å². The molecule has 0 radical (unpaired) electrons. The standard InChI is InChI=1S/C73H139N11O16SSi2/c1-42(2)37-52-64(88)76-57(46(9)10)70(94)80(25)53(38-43(3)4)63(87)74-49(14)62(86)75-50(15)66(90)81(26)54(39-44(5)6)67(91)82(27)55(40-45(7)8)68(92)83(28)59(47(11)12)71(95)84(29)60(61(100-103(33,34)73(20,21)22)48(13)35-36-98-101(30,96)97)65(89)77-58(51(16)99-102(31,32)72(17,18)19)69(93)78(23)41-56(85)79(52)24/h42-55,57-61H,35-41H2,1-34H3,(H,74,87)(H,75,86)(H,76,88)(H,77,89)/t48-,49-,50+,51-,52+,53-,54-,55-,57-,58-,59-,60-,61-/m1/s1. The van der Waals surface area contributed by atoms with Gasteiger partial charge in [-0.2, -0.15) is 8.42 Å². The van der Waals surface area contributed by atoms with Crippen LogP contribution in [0.25, 0.3) is 0 Å². The summed E-state index contributed by atoms with van der Waals surface area (Å²) in [5.74, 6) is -10.6. The Hall–Kier alpha value is -5.57. The van der Waals surface area contributed by atoms with Crippen molar-refractivity contribution in [3.63, 3.8) is 0 Å². The van der Waals surface area contributed by atoms with E-state index in [0.717, 1.165) is 11.2 Å². The largest absolute Gasteiger partial charge is 0.412 e. The van der Waals surface area contributed by atoms with Crippen molar-refractivity contribution in [1.29, 1.82) is 0 Å². The zero-order valence-electron chi connectivity index (χ0n) is 69.5. The molecule has 0 bridgehead atoms. The molecule has 0 spiro atoms. The average molecular weight is 1520 g/mol. The van der Waals surface area contributed by atoms with Gasteiger partial charge in [-0.05, 0) is 131 Å². The smallest absolute Gasteiger partial charge is 0.264 e. The number of hydrogen-bond acceptors (Lipinski definition) is 16. The predicted octanol–water partition coefficient (Wildman–Crippen LogP) is 6.70. The minimum absolute atomic E-state index is 0.0169. The topological polar surface area (TPSA) is 320 Å². The normalized spacial score (nSPS) is 25.4. The van der Waals surface area contributed by atoms with Gasteiger partial charge in [0.05, 0.1) is 31.6 Å². The van der Waals surface area contributed by atoms with Crippen molar-refractivity contribution >= 4 is 91.7 Å². The summed E-state index contributed by atoms with van der Waals surface area (Å²) < 4.78 is 44.5. The van der Waals surface area contributed by atoms with Crippen LogP contribution in [0.5, 0.6) is 0 Å². The van der Waals surface area contributed by atoms with Gasteiger partial charge in [-0.3, -0.25) is 56.9 Å². The molecular formula is C73H139N11O16SSi2. The molecule has 0 saturated carbocycles. The van der Waals surface area contributed by atoms with Crippen molar-refractivity contribution in [3.8, 4) is 0 Å². The van der Waals surface area contributed by atoms with E-state index in [0.29, 0.717) is 0 Å². The molecule has 1 heterocycles. The first-order valence-corrected chi connectivity index (χ1v) is 44.5. The van der Waals surface area contributed by atoms with E-state index in [1.165, 1.54) is 92.6 Å². The van der Waals surface area contributed by atoms with E-state index in [-0.39, 0.29) is 62.4 Å². The molecule has 27 nitrogen and oxygen atoms in total. The number of carbonyl (C=O) groups excluding carboxylic acids is 11. The second kappa shape index (κ2) is 39.3. The van der Waals surface area contributed by atoms with Crippen LogP contribution < -0.4 is 21.3 Å². The molecule has 596 valence electrons. The third-order valence-corrected chi connectivity index (χ3v) is 30.3. The zero-order chi connectivity index (χ0) is 80.8. The number of nitrogens with zero attached hydrogens (tertiary/aromatic N) is 7. The highest BCUT2D eigenvalue weighted by molar-refractivity contribution is 7.86. The maximum absolute atomic E-state index is 16.3. The quantitative estimate of drug-likeness (QED) is 0.0686. The van der Waals surface area contributed by atoms with Gasteiger partial charge in [0.2, 0.25) is 65.0 Å². The monoisotopic (exact) mass is 1510 g/mol. The van der Waals surface area contributed by atoms with Crippen molar-refractivity contribution in [2.24, 2.45) is 41.4 Å². The van der Waals surface area contributed by atoms with Crippen LogP contribution in [-0.2, 0) is 75.9 Å². The fourth-order valence-corrected chi connectivity index (χ4v) is 15.3. The van der Waals surface area contributed by atoms with Crippen LogP contribution >= 0.6 is 0 Å². The summed E-state index contributed by atoms with van der Waals surface area (Å²) >= 11 is 0. The number of amides is 11. The number of rotatable bonds is 21. The van der Waals surface area contributed by atoms with Crippen LogP contribution in [0.15, 0.2) is 0 Å². The summed E-state index contributed by atoms with van der Waals surface area (Å²) in [6, 6.07) is -13.2. The van der Waals surface area contributed by atoms with Crippen molar-refractivity contribution in [3.05, 3.63) is 0 Å². The SMILES string of the molecule is CC(C)C[C@@H]1C(=O)N(C)[C@H](CC(C)C)C(=O)N(C)[C@H](C(C)C)C(=O)N(C)[C@H]([C@H](O[Si](C)(C)C(C)(C)C)[C@H](C)CCOS(C)(=O)=O)C(=O)N[C@H]([C@@H](C)O[Si](C)(C)C(C)(C)C)C(=O)N(C)CC(=O)N(C)[C@@H](CC(C)C)C(=O)N[C@H](C(C)C)C(=O)N(C)[C@H](CC(C)C)C(=O)N[C@H](C)C(=O)N[C@@H](C)C(=O)N1C.